The molecule has 1 aliphatic rings. The van der Waals surface area contributed by atoms with Crippen LogP contribution in [-0.2, 0) is 9.53 Å². The molecule has 1 heterocycles. The number of quaternary nitrogens is 1. The molecule has 1 aliphatic heterocycles. The minimum atomic E-state index is -0.358. The zero-order valence-electron chi connectivity index (χ0n) is 14.3. The molecule has 0 bridgehead atoms. The van der Waals surface area contributed by atoms with Crippen molar-refractivity contribution in [2.45, 2.75) is 31.8 Å². The number of carbonyl (C=O) groups is 1. The van der Waals surface area contributed by atoms with Crippen molar-refractivity contribution in [2.24, 2.45) is 0 Å². The van der Waals surface area contributed by atoms with Crippen molar-refractivity contribution < 1.29 is 14.4 Å². The molecule has 2 aromatic rings. The van der Waals surface area contributed by atoms with E-state index >= 15 is 0 Å². The second-order valence-electron chi connectivity index (χ2n) is 6.66. The van der Waals surface area contributed by atoms with Gasteiger partial charge in [-0.1, -0.05) is 60.7 Å². The maximum Gasteiger partial charge on any atom is 0.318 e. The Morgan fingerprint density at radius 3 is 1.96 bits per heavy atom. The largest absolute Gasteiger partial charge is 0.456 e. The lowest BCUT2D eigenvalue weighted by atomic mass is 9.91. The molecule has 3 heteroatoms. The molecule has 1 N–H and O–H groups in total. The third kappa shape index (κ3) is 4.24. The first kappa shape index (κ1) is 16.7. The number of hydrogen-bond donors (Lipinski definition) is 1. The van der Waals surface area contributed by atoms with E-state index in [-0.39, 0.29) is 18.0 Å². The highest BCUT2D eigenvalue weighted by atomic mass is 16.5. The zero-order valence-corrected chi connectivity index (χ0v) is 14.3. The average molecular weight is 324 g/mol. The van der Waals surface area contributed by atoms with Crippen LogP contribution in [0.2, 0.25) is 0 Å². The number of rotatable bonds is 6. The molecule has 1 atom stereocenters. The SMILES string of the molecule is C[C@@H](C[NH+]1CCCC1)OC(=O)C(c1ccccc1)c1ccccc1. The van der Waals surface area contributed by atoms with Gasteiger partial charge in [0.2, 0.25) is 0 Å². The van der Waals surface area contributed by atoms with Crippen LogP contribution in [0, 0.1) is 0 Å². The molecule has 3 nitrogen and oxygen atoms in total. The number of carbonyl (C=O) groups excluding carboxylic acids is 1. The number of benzene rings is 2. The van der Waals surface area contributed by atoms with Crippen molar-refractivity contribution in [2.75, 3.05) is 19.6 Å². The molecule has 0 aromatic heterocycles. The lowest BCUT2D eigenvalue weighted by Crippen LogP contribution is -3.11. The number of hydrogen-bond acceptors (Lipinski definition) is 2. The second-order valence-corrected chi connectivity index (χ2v) is 6.66. The Labute approximate surface area is 144 Å². The van der Waals surface area contributed by atoms with Crippen molar-refractivity contribution in [3.63, 3.8) is 0 Å². The van der Waals surface area contributed by atoms with Gasteiger partial charge in [0, 0.05) is 12.8 Å². The first-order valence-electron chi connectivity index (χ1n) is 8.88. The van der Waals surface area contributed by atoms with E-state index in [1.165, 1.54) is 25.9 Å². The van der Waals surface area contributed by atoms with Crippen molar-refractivity contribution in [1.82, 2.24) is 0 Å². The third-order valence-electron chi connectivity index (χ3n) is 4.71. The molecule has 1 fully saturated rings. The van der Waals surface area contributed by atoms with Gasteiger partial charge < -0.3 is 9.64 Å². The van der Waals surface area contributed by atoms with Crippen molar-refractivity contribution in [3.8, 4) is 0 Å². The molecule has 0 aliphatic carbocycles. The van der Waals surface area contributed by atoms with Gasteiger partial charge in [0.05, 0.1) is 13.1 Å². The Hall–Kier alpha value is -2.13. The summed E-state index contributed by atoms with van der Waals surface area (Å²) >= 11 is 0. The predicted molar refractivity (Wildman–Crippen MR) is 95.1 cm³/mol. The summed E-state index contributed by atoms with van der Waals surface area (Å²) in [5.41, 5.74) is 1.96. The highest BCUT2D eigenvalue weighted by molar-refractivity contribution is 5.82. The summed E-state index contributed by atoms with van der Waals surface area (Å²) in [6.07, 6.45) is 2.51. The molecule has 3 rings (SSSR count). The first-order chi connectivity index (χ1) is 11.7. The van der Waals surface area contributed by atoms with Gasteiger partial charge in [-0.15, -0.1) is 0 Å². The maximum absolute atomic E-state index is 12.9. The van der Waals surface area contributed by atoms with Gasteiger partial charge in [0.1, 0.15) is 18.6 Å². The molecule has 1 saturated heterocycles. The minimum absolute atomic E-state index is 0.0551. The van der Waals surface area contributed by atoms with Crippen molar-refractivity contribution in [1.29, 1.82) is 0 Å². The fourth-order valence-electron chi connectivity index (χ4n) is 3.55. The molecule has 0 amide bonds. The van der Waals surface area contributed by atoms with Gasteiger partial charge >= 0.3 is 5.97 Å². The quantitative estimate of drug-likeness (QED) is 0.828. The van der Waals surface area contributed by atoms with E-state index in [1.54, 1.807) is 4.90 Å². The predicted octanol–water partition coefficient (Wildman–Crippen LogP) is 2.43. The van der Waals surface area contributed by atoms with Gasteiger partial charge in [0.25, 0.3) is 0 Å². The molecule has 24 heavy (non-hydrogen) atoms. The molecule has 0 spiro atoms. The molecule has 2 aromatic carbocycles. The number of esters is 1. The van der Waals surface area contributed by atoms with E-state index in [0.717, 1.165) is 17.7 Å². The van der Waals surface area contributed by atoms with Gasteiger partial charge in [0.15, 0.2) is 0 Å². The lowest BCUT2D eigenvalue weighted by molar-refractivity contribution is -0.890. The Morgan fingerprint density at radius 2 is 1.46 bits per heavy atom. The van der Waals surface area contributed by atoms with Crippen LogP contribution < -0.4 is 4.90 Å². The normalized spacial score (nSPS) is 16.2. The van der Waals surface area contributed by atoms with E-state index in [4.69, 9.17) is 4.74 Å². The third-order valence-corrected chi connectivity index (χ3v) is 4.71. The summed E-state index contributed by atoms with van der Waals surface area (Å²) in [6.45, 7) is 5.31. The van der Waals surface area contributed by atoms with E-state index in [2.05, 4.69) is 0 Å². The van der Waals surface area contributed by atoms with Gasteiger partial charge in [-0.25, -0.2) is 0 Å². The lowest BCUT2D eigenvalue weighted by Gasteiger charge is -2.22. The van der Waals surface area contributed by atoms with Crippen molar-refractivity contribution >= 4 is 5.97 Å². The molecule has 126 valence electrons. The van der Waals surface area contributed by atoms with Crippen LogP contribution in [0.1, 0.15) is 36.8 Å². The number of ether oxygens (including phenoxy) is 1. The summed E-state index contributed by atoms with van der Waals surface area (Å²) in [5, 5.41) is 0. The standard InChI is InChI=1S/C21H25NO2/c1-17(16-22-14-8-9-15-22)24-21(23)20(18-10-4-2-5-11-18)19-12-6-3-7-13-19/h2-7,10-13,17,20H,8-9,14-16H2,1H3/p+1/t17-/m0/s1. The van der Waals surface area contributed by atoms with Gasteiger partial charge in [-0.05, 0) is 18.1 Å². The molecule has 0 saturated carbocycles. The fraction of sp³-hybridized carbons (Fsp3) is 0.381. The van der Waals surface area contributed by atoms with Gasteiger partial charge in [-0.2, -0.15) is 0 Å². The van der Waals surface area contributed by atoms with Crippen LogP contribution in [-0.4, -0.2) is 31.7 Å². The summed E-state index contributed by atoms with van der Waals surface area (Å²) in [6, 6.07) is 19.8. The second kappa shape index (κ2) is 8.11. The highest BCUT2D eigenvalue weighted by Gasteiger charge is 2.27. The van der Waals surface area contributed by atoms with Crippen LogP contribution in [0.15, 0.2) is 60.7 Å². The summed E-state index contributed by atoms with van der Waals surface area (Å²) in [7, 11) is 0. The smallest absolute Gasteiger partial charge is 0.318 e. The Bertz CT molecular complexity index is 596. The molecule has 0 radical (unpaired) electrons. The van der Waals surface area contributed by atoms with Crippen LogP contribution in [0.25, 0.3) is 0 Å². The minimum Gasteiger partial charge on any atom is -0.456 e. The number of nitrogens with one attached hydrogen (secondary N) is 1. The number of likely N-dealkylation sites (tertiary alicyclic amines) is 1. The Balaban J connectivity index is 1.74. The molecular weight excluding hydrogens is 298 g/mol. The molecular formula is C21H26NO2+. The first-order valence-corrected chi connectivity index (χ1v) is 8.88. The van der Waals surface area contributed by atoms with E-state index in [1.807, 2.05) is 67.6 Å². The molecule has 0 unspecified atom stereocenters. The van der Waals surface area contributed by atoms with Crippen LogP contribution in [0.4, 0.5) is 0 Å². The van der Waals surface area contributed by atoms with Crippen LogP contribution in [0.5, 0.6) is 0 Å². The zero-order chi connectivity index (χ0) is 16.8. The van der Waals surface area contributed by atoms with Crippen LogP contribution in [0.3, 0.4) is 0 Å². The topological polar surface area (TPSA) is 30.7 Å². The summed E-state index contributed by atoms with van der Waals surface area (Å²) in [5.74, 6) is -0.512. The van der Waals surface area contributed by atoms with E-state index in [0.29, 0.717) is 0 Å². The highest BCUT2D eigenvalue weighted by Crippen LogP contribution is 2.26. The monoisotopic (exact) mass is 324 g/mol. The van der Waals surface area contributed by atoms with Crippen molar-refractivity contribution in [3.05, 3.63) is 71.8 Å². The maximum atomic E-state index is 12.9. The summed E-state index contributed by atoms with van der Waals surface area (Å²) in [4.78, 5) is 14.4. The Kier molecular flexibility index (Phi) is 5.65. The van der Waals surface area contributed by atoms with E-state index < -0.39 is 0 Å². The van der Waals surface area contributed by atoms with E-state index in [9.17, 15) is 4.79 Å². The van der Waals surface area contributed by atoms with Gasteiger partial charge in [-0.3, -0.25) is 4.79 Å². The fourth-order valence-corrected chi connectivity index (χ4v) is 3.55. The Morgan fingerprint density at radius 1 is 0.958 bits per heavy atom. The summed E-state index contributed by atoms with van der Waals surface area (Å²) < 4.78 is 5.82. The van der Waals surface area contributed by atoms with Crippen LogP contribution >= 0.6 is 0 Å². The average Bonchev–Trinajstić information content (AvgIpc) is 3.10.